The van der Waals surface area contributed by atoms with Gasteiger partial charge in [0.05, 0.1) is 12.5 Å². The van der Waals surface area contributed by atoms with E-state index in [-0.39, 0.29) is 12.5 Å². The number of aryl methyl sites for hydroxylation is 1. The molecule has 0 fully saturated rings. The predicted molar refractivity (Wildman–Crippen MR) is 60.0 cm³/mol. The Bertz CT molecular complexity index is 399. The van der Waals surface area contributed by atoms with E-state index in [9.17, 15) is 13.2 Å². The molecular formula is C11H17F3N4. The molecule has 1 unspecified atom stereocenters. The van der Waals surface area contributed by atoms with Crippen LogP contribution in [0.15, 0.2) is 0 Å². The van der Waals surface area contributed by atoms with Gasteiger partial charge in [0.25, 0.3) is 0 Å². The summed E-state index contributed by atoms with van der Waals surface area (Å²) in [4.78, 5) is 0. The van der Waals surface area contributed by atoms with Crippen LogP contribution in [0.4, 0.5) is 13.2 Å². The van der Waals surface area contributed by atoms with Crippen molar-refractivity contribution in [3.05, 3.63) is 11.6 Å². The molecule has 1 aromatic heterocycles. The van der Waals surface area contributed by atoms with Crippen LogP contribution in [-0.4, -0.2) is 27.5 Å². The minimum absolute atomic E-state index is 0.0880. The van der Waals surface area contributed by atoms with E-state index >= 15 is 0 Å². The normalized spacial score (nSPS) is 19.9. The van der Waals surface area contributed by atoms with Gasteiger partial charge in [-0.2, -0.15) is 13.2 Å². The van der Waals surface area contributed by atoms with Gasteiger partial charge in [-0.25, -0.2) is 0 Å². The summed E-state index contributed by atoms with van der Waals surface area (Å²) in [7, 11) is 0. The lowest BCUT2D eigenvalue weighted by atomic mass is 10.1. The van der Waals surface area contributed by atoms with Crippen LogP contribution < -0.4 is 5.32 Å². The maximum absolute atomic E-state index is 12.2. The molecule has 102 valence electrons. The van der Waals surface area contributed by atoms with Crippen LogP contribution in [0.25, 0.3) is 0 Å². The Labute approximate surface area is 104 Å². The molecule has 0 saturated heterocycles. The lowest BCUT2D eigenvalue weighted by Gasteiger charge is -2.24. The molecule has 0 aliphatic carbocycles. The molecule has 2 heterocycles. The van der Waals surface area contributed by atoms with E-state index in [1.54, 1.807) is 0 Å². The van der Waals surface area contributed by atoms with E-state index in [0.29, 0.717) is 12.4 Å². The summed E-state index contributed by atoms with van der Waals surface area (Å²) >= 11 is 0. The Morgan fingerprint density at radius 3 is 2.83 bits per heavy atom. The molecule has 1 aliphatic rings. The van der Waals surface area contributed by atoms with Crippen molar-refractivity contribution in [1.29, 1.82) is 0 Å². The molecule has 0 spiro atoms. The van der Waals surface area contributed by atoms with Gasteiger partial charge in [0.2, 0.25) is 0 Å². The SMILES string of the molecule is CCCC1NCCn2c(CCC(F)(F)F)nnc21. The first-order valence-electron chi connectivity index (χ1n) is 6.23. The topological polar surface area (TPSA) is 42.7 Å². The molecule has 0 amide bonds. The molecular weight excluding hydrogens is 245 g/mol. The van der Waals surface area contributed by atoms with Crippen LogP contribution in [-0.2, 0) is 13.0 Å². The number of halogens is 3. The Balaban J connectivity index is 2.10. The maximum atomic E-state index is 12.2. The van der Waals surface area contributed by atoms with Crippen molar-refractivity contribution in [3.63, 3.8) is 0 Å². The van der Waals surface area contributed by atoms with Crippen molar-refractivity contribution < 1.29 is 13.2 Å². The zero-order valence-electron chi connectivity index (χ0n) is 10.3. The number of hydrogen-bond donors (Lipinski definition) is 1. The van der Waals surface area contributed by atoms with E-state index in [0.717, 1.165) is 25.2 Å². The first-order chi connectivity index (χ1) is 8.51. The molecule has 4 nitrogen and oxygen atoms in total. The number of rotatable bonds is 4. The van der Waals surface area contributed by atoms with Crippen LogP contribution in [0.2, 0.25) is 0 Å². The monoisotopic (exact) mass is 262 g/mol. The molecule has 7 heteroatoms. The highest BCUT2D eigenvalue weighted by Crippen LogP contribution is 2.24. The van der Waals surface area contributed by atoms with Gasteiger partial charge in [-0.05, 0) is 6.42 Å². The van der Waals surface area contributed by atoms with Crippen LogP contribution in [0.5, 0.6) is 0 Å². The molecule has 1 atom stereocenters. The van der Waals surface area contributed by atoms with Gasteiger partial charge < -0.3 is 9.88 Å². The van der Waals surface area contributed by atoms with Crippen molar-refractivity contribution in [2.24, 2.45) is 0 Å². The number of nitrogens with one attached hydrogen (secondary N) is 1. The van der Waals surface area contributed by atoms with E-state index < -0.39 is 12.6 Å². The minimum Gasteiger partial charge on any atom is -0.312 e. The molecule has 1 N–H and O–H groups in total. The maximum Gasteiger partial charge on any atom is 0.389 e. The number of alkyl halides is 3. The van der Waals surface area contributed by atoms with Crippen molar-refractivity contribution in [3.8, 4) is 0 Å². The third-order valence-corrected chi connectivity index (χ3v) is 3.10. The standard InChI is InChI=1S/C11H17F3N4/c1-2-3-8-10-17-16-9(4-5-11(12,13)14)18(10)7-6-15-8/h8,15H,2-7H2,1H3. The number of nitrogens with zero attached hydrogens (tertiary/aromatic N) is 3. The van der Waals surface area contributed by atoms with Crippen molar-refractivity contribution in [2.75, 3.05) is 6.54 Å². The van der Waals surface area contributed by atoms with Gasteiger partial charge >= 0.3 is 6.18 Å². The Morgan fingerprint density at radius 1 is 1.39 bits per heavy atom. The smallest absolute Gasteiger partial charge is 0.312 e. The largest absolute Gasteiger partial charge is 0.389 e. The highest BCUT2D eigenvalue weighted by atomic mass is 19.4. The van der Waals surface area contributed by atoms with Crippen LogP contribution in [0.1, 0.15) is 43.9 Å². The average Bonchev–Trinajstić information content (AvgIpc) is 2.70. The number of hydrogen-bond acceptors (Lipinski definition) is 3. The quantitative estimate of drug-likeness (QED) is 0.904. The third kappa shape index (κ3) is 3.01. The average molecular weight is 262 g/mol. The molecule has 18 heavy (non-hydrogen) atoms. The van der Waals surface area contributed by atoms with Crippen LogP contribution in [0.3, 0.4) is 0 Å². The lowest BCUT2D eigenvalue weighted by Crippen LogP contribution is -2.34. The van der Waals surface area contributed by atoms with Gasteiger partial charge in [0.15, 0.2) is 0 Å². The summed E-state index contributed by atoms with van der Waals surface area (Å²) in [6.45, 7) is 3.48. The van der Waals surface area contributed by atoms with E-state index in [1.807, 2.05) is 4.57 Å². The van der Waals surface area contributed by atoms with E-state index in [2.05, 4.69) is 22.4 Å². The molecule has 2 rings (SSSR count). The van der Waals surface area contributed by atoms with Gasteiger partial charge in [0.1, 0.15) is 11.6 Å². The second kappa shape index (κ2) is 5.26. The zero-order valence-corrected chi connectivity index (χ0v) is 10.3. The van der Waals surface area contributed by atoms with Crippen LogP contribution in [0, 0.1) is 0 Å². The van der Waals surface area contributed by atoms with Gasteiger partial charge in [-0.1, -0.05) is 13.3 Å². The highest BCUT2D eigenvalue weighted by Gasteiger charge is 2.29. The minimum atomic E-state index is -4.14. The third-order valence-electron chi connectivity index (χ3n) is 3.10. The fraction of sp³-hybridized carbons (Fsp3) is 0.818. The van der Waals surface area contributed by atoms with Crippen molar-refractivity contribution >= 4 is 0 Å². The summed E-state index contributed by atoms with van der Waals surface area (Å²) in [6.07, 6.45) is -3.13. The summed E-state index contributed by atoms with van der Waals surface area (Å²) in [5.74, 6) is 1.23. The molecule has 0 aromatic carbocycles. The number of aromatic nitrogens is 3. The van der Waals surface area contributed by atoms with Gasteiger partial charge in [-0.15, -0.1) is 10.2 Å². The Morgan fingerprint density at radius 2 is 2.17 bits per heavy atom. The summed E-state index contributed by atoms with van der Waals surface area (Å²) < 4.78 is 38.5. The second-order valence-electron chi connectivity index (χ2n) is 4.54. The first kappa shape index (κ1) is 13.3. The Kier molecular flexibility index (Phi) is 3.89. The molecule has 1 aromatic rings. The number of fused-ring (bicyclic) bond motifs is 1. The van der Waals surface area contributed by atoms with Gasteiger partial charge in [0, 0.05) is 19.5 Å². The van der Waals surface area contributed by atoms with Gasteiger partial charge in [-0.3, -0.25) is 0 Å². The fourth-order valence-electron chi connectivity index (χ4n) is 2.25. The highest BCUT2D eigenvalue weighted by molar-refractivity contribution is 5.04. The van der Waals surface area contributed by atoms with Crippen LogP contribution >= 0.6 is 0 Å². The van der Waals surface area contributed by atoms with E-state index in [1.165, 1.54) is 0 Å². The molecule has 0 radical (unpaired) electrons. The molecule has 0 bridgehead atoms. The van der Waals surface area contributed by atoms with Crippen molar-refractivity contribution in [2.45, 2.75) is 51.4 Å². The zero-order chi connectivity index (χ0) is 13.2. The van der Waals surface area contributed by atoms with E-state index in [4.69, 9.17) is 0 Å². The molecule has 0 saturated carbocycles. The Hall–Kier alpha value is -1.11. The lowest BCUT2D eigenvalue weighted by molar-refractivity contribution is -0.134. The molecule has 1 aliphatic heterocycles. The van der Waals surface area contributed by atoms with Crippen molar-refractivity contribution in [1.82, 2.24) is 20.1 Å². The second-order valence-corrected chi connectivity index (χ2v) is 4.54. The summed E-state index contributed by atoms with van der Waals surface area (Å²) in [5.41, 5.74) is 0. The first-order valence-corrected chi connectivity index (χ1v) is 6.23. The fourth-order valence-corrected chi connectivity index (χ4v) is 2.25. The summed E-state index contributed by atoms with van der Waals surface area (Å²) in [6, 6.07) is 0.121. The summed E-state index contributed by atoms with van der Waals surface area (Å²) in [5, 5.41) is 11.3. The predicted octanol–water partition coefficient (Wildman–Crippen LogP) is 2.22.